The van der Waals surface area contributed by atoms with Gasteiger partial charge in [-0.15, -0.1) is 0 Å². The summed E-state index contributed by atoms with van der Waals surface area (Å²) >= 11 is 3.56. The van der Waals surface area contributed by atoms with Crippen LogP contribution in [-0.4, -0.2) is 11.1 Å². The van der Waals surface area contributed by atoms with Gasteiger partial charge in [0, 0.05) is 18.2 Å². The Morgan fingerprint density at radius 2 is 2.00 bits per heavy atom. The van der Waals surface area contributed by atoms with Crippen molar-refractivity contribution < 1.29 is 9.84 Å². The van der Waals surface area contributed by atoms with Gasteiger partial charge in [-0.1, -0.05) is 24.3 Å². The molecule has 2 N–H and O–H groups in total. The fourth-order valence-electron chi connectivity index (χ4n) is 2.20. The molecule has 0 aromatic heterocycles. The van der Waals surface area contributed by atoms with Crippen LogP contribution in [0, 0.1) is 0 Å². The number of halogens is 1. The van der Waals surface area contributed by atoms with Crippen molar-refractivity contribution in [2.24, 2.45) is 0 Å². The quantitative estimate of drug-likeness (QED) is 0.830. The lowest BCUT2D eigenvalue weighted by atomic mass is 10.2. The van der Waals surface area contributed by atoms with Crippen LogP contribution in [0.2, 0.25) is 0 Å². The molecular formula is C17H18BrNO2. The summed E-state index contributed by atoms with van der Waals surface area (Å²) in [5.74, 6) is 1.13. The van der Waals surface area contributed by atoms with E-state index in [4.69, 9.17) is 4.74 Å². The lowest BCUT2D eigenvalue weighted by Crippen LogP contribution is -2.16. The van der Waals surface area contributed by atoms with Crippen molar-refractivity contribution in [1.29, 1.82) is 0 Å². The van der Waals surface area contributed by atoms with Crippen LogP contribution in [0.4, 0.5) is 0 Å². The molecule has 3 rings (SSSR count). The van der Waals surface area contributed by atoms with Gasteiger partial charge in [0.15, 0.2) is 0 Å². The van der Waals surface area contributed by atoms with Gasteiger partial charge in [0.25, 0.3) is 0 Å². The number of ether oxygens (including phenoxy) is 1. The first-order valence-corrected chi connectivity index (χ1v) is 7.93. The van der Waals surface area contributed by atoms with Crippen molar-refractivity contribution in [2.45, 2.75) is 32.0 Å². The molecule has 0 radical (unpaired) electrons. The highest BCUT2D eigenvalue weighted by Gasteiger charge is 2.21. The molecule has 1 aliphatic rings. The number of nitrogens with one attached hydrogen (secondary N) is 1. The molecule has 1 aliphatic carbocycles. The average molecular weight is 348 g/mol. The Kier molecular flexibility index (Phi) is 4.46. The molecule has 0 unspecified atom stereocenters. The molecule has 0 spiro atoms. The third kappa shape index (κ3) is 3.99. The fourth-order valence-corrected chi connectivity index (χ4v) is 2.72. The van der Waals surface area contributed by atoms with Crippen LogP contribution in [0.5, 0.6) is 11.5 Å². The summed E-state index contributed by atoms with van der Waals surface area (Å²) < 4.78 is 6.92. The van der Waals surface area contributed by atoms with E-state index < -0.39 is 0 Å². The van der Waals surface area contributed by atoms with Crippen LogP contribution in [0.1, 0.15) is 24.0 Å². The Morgan fingerprint density at radius 3 is 2.76 bits per heavy atom. The Bertz CT molecular complexity index is 626. The summed E-state index contributed by atoms with van der Waals surface area (Å²) in [7, 11) is 0. The normalized spacial score (nSPS) is 14.1. The van der Waals surface area contributed by atoms with E-state index in [9.17, 15) is 5.11 Å². The number of benzene rings is 2. The topological polar surface area (TPSA) is 41.5 Å². The van der Waals surface area contributed by atoms with Gasteiger partial charge in [0.05, 0.1) is 4.47 Å². The molecule has 110 valence electrons. The molecule has 0 aliphatic heterocycles. The number of aromatic hydroxyl groups is 1. The molecule has 0 bridgehead atoms. The molecule has 0 saturated heterocycles. The van der Waals surface area contributed by atoms with Gasteiger partial charge in [0.1, 0.15) is 18.1 Å². The minimum Gasteiger partial charge on any atom is -0.508 e. The third-order valence-corrected chi connectivity index (χ3v) is 4.13. The molecule has 4 heteroatoms. The monoisotopic (exact) mass is 347 g/mol. The Morgan fingerprint density at radius 1 is 1.19 bits per heavy atom. The first kappa shape index (κ1) is 14.4. The lowest BCUT2D eigenvalue weighted by Gasteiger charge is -2.14. The van der Waals surface area contributed by atoms with E-state index in [1.165, 1.54) is 12.8 Å². The number of para-hydroxylation sites is 1. The zero-order valence-corrected chi connectivity index (χ0v) is 13.3. The molecule has 0 atom stereocenters. The lowest BCUT2D eigenvalue weighted by molar-refractivity contribution is 0.299. The second-order valence-corrected chi connectivity index (χ2v) is 6.20. The molecule has 1 saturated carbocycles. The second kappa shape index (κ2) is 6.50. The molecule has 21 heavy (non-hydrogen) atoms. The van der Waals surface area contributed by atoms with Crippen molar-refractivity contribution >= 4 is 15.9 Å². The van der Waals surface area contributed by atoms with Crippen LogP contribution in [0.3, 0.4) is 0 Å². The van der Waals surface area contributed by atoms with Crippen LogP contribution >= 0.6 is 15.9 Å². The van der Waals surface area contributed by atoms with Crippen LogP contribution in [-0.2, 0) is 13.2 Å². The maximum absolute atomic E-state index is 9.50. The number of phenolic OH excluding ortho intramolecular Hbond substituents is 1. The summed E-state index contributed by atoms with van der Waals surface area (Å²) in [5, 5.41) is 13.0. The maximum Gasteiger partial charge on any atom is 0.138 e. The molecule has 0 amide bonds. The van der Waals surface area contributed by atoms with E-state index in [1.807, 2.05) is 24.3 Å². The van der Waals surface area contributed by atoms with E-state index in [0.29, 0.717) is 12.6 Å². The second-order valence-electron chi connectivity index (χ2n) is 5.34. The summed E-state index contributed by atoms with van der Waals surface area (Å²) in [5.41, 5.74) is 2.10. The molecule has 2 aromatic rings. The van der Waals surface area contributed by atoms with E-state index in [1.54, 1.807) is 12.1 Å². The van der Waals surface area contributed by atoms with Crippen LogP contribution in [0.25, 0.3) is 0 Å². The van der Waals surface area contributed by atoms with E-state index in [-0.39, 0.29) is 5.75 Å². The number of hydrogen-bond donors (Lipinski definition) is 2. The minimum atomic E-state index is 0.263. The van der Waals surface area contributed by atoms with Gasteiger partial charge >= 0.3 is 0 Å². The highest BCUT2D eigenvalue weighted by atomic mass is 79.9. The average Bonchev–Trinajstić information content (AvgIpc) is 3.28. The van der Waals surface area contributed by atoms with Crippen molar-refractivity contribution in [3.63, 3.8) is 0 Å². The largest absolute Gasteiger partial charge is 0.508 e. The van der Waals surface area contributed by atoms with E-state index >= 15 is 0 Å². The molecule has 2 aromatic carbocycles. The molecule has 1 fully saturated rings. The highest BCUT2D eigenvalue weighted by molar-refractivity contribution is 9.10. The van der Waals surface area contributed by atoms with Crippen molar-refractivity contribution in [2.75, 3.05) is 0 Å². The van der Waals surface area contributed by atoms with Gasteiger partial charge in [-0.25, -0.2) is 0 Å². The first-order valence-electron chi connectivity index (χ1n) is 7.14. The van der Waals surface area contributed by atoms with Crippen LogP contribution in [0.15, 0.2) is 46.9 Å². The number of phenols is 1. The predicted molar refractivity (Wildman–Crippen MR) is 86.4 cm³/mol. The minimum absolute atomic E-state index is 0.263. The third-order valence-electron chi connectivity index (χ3n) is 3.50. The standard InChI is InChI=1S/C17H18BrNO2/c18-16-6-2-4-13(10-19-14-7-8-14)17(16)21-11-12-3-1-5-15(20)9-12/h1-6,9,14,19-20H,7-8,10-11H2. The number of hydrogen-bond acceptors (Lipinski definition) is 3. The number of rotatable bonds is 6. The zero-order chi connectivity index (χ0) is 14.7. The van der Waals surface area contributed by atoms with Gasteiger partial charge in [-0.3, -0.25) is 0 Å². The van der Waals surface area contributed by atoms with Crippen molar-refractivity contribution in [3.8, 4) is 11.5 Å². The van der Waals surface area contributed by atoms with Gasteiger partial charge in [0.2, 0.25) is 0 Å². The predicted octanol–water partition coefficient (Wildman–Crippen LogP) is 3.99. The van der Waals surface area contributed by atoms with Crippen molar-refractivity contribution in [3.05, 3.63) is 58.1 Å². The smallest absolute Gasteiger partial charge is 0.138 e. The summed E-state index contributed by atoms with van der Waals surface area (Å²) in [6, 6.07) is 13.9. The summed E-state index contributed by atoms with van der Waals surface area (Å²) in [6.07, 6.45) is 2.54. The molecule has 3 nitrogen and oxygen atoms in total. The van der Waals surface area contributed by atoms with Crippen molar-refractivity contribution in [1.82, 2.24) is 5.32 Å². The Balaban J connectivity index is 1.70. The van der Waals surface area contributed by atoms with Gasteiger partial charge < -0.3 is 15.2 Å². The SMILES string of the molecule is Oc1cccc(COc2c(Br)cccc2CNC2CC2)c1. The molecule has 0 heterocycles. The Labute approximate surface area is 133 Å². The summed E-state index contributed by atoms with van der Waals surface area (Å²) in [4.78, 5) is 0. The highest BCUT2D eigenvalue weighted by Crippen LogP contribution is 2.31. The Hall–Kier alpha value is -1.52. The molecular weight excluding hydrogens is 330 g/mol. The van der Waals surface area contributed by atoms with Gasteiger partial charge in [-0.2, -0.15) is 0 Å². The van der Waals surface area contributed by atoms with E-state index in [2.05, 4.69) is 27.3 Å². The maximum atomic E-state index is 9.50. The van der Waals surface area contributed by atoms with E-state index in [0.717, 1.165) is 27.9 Å². The zero-order valence-electron chi connectivity index (χ0n) is 11.7. The first-order chi connectivity index (χ1) is 10.2. The summed E-state index contributed by atoms with van der Waals surface area (Å²) in [6.45, 7) is 1.26. The van der Waals surface area contributed by atoms with Gasteiger partial charge in [-0.05, 0) is 52.5 Å². The van der Waals surface area contributed by atoms with Crippen LogP contribution < -0.4 is 10.1 Å². The fraction of sp³-hybridized carbons (Fsp3) is 0.294.